The molecule has 0 spiro atoms. The number of aromatic hydroxyl groups is 1. The summed E-state index contributed by atoms with van der Waals surface area (Å²) in [6.07, 6.45) is 1.66. The standard InChI is InChI=1S/C8H9N3O/c9-3-5-1-6-4-10-11-8(6)7(12)2-5/h1-2,4,12H,3,9H2,(H,10,11). The molecule has 1 heterocycles. The second-order valence-electron chi connectivity index (χ2n) is 2.65. The van der Waals surface area contributed by atoms with Gasteiger partial charge in [-0.3, -0.25) is 5.10 Å². The third kappa shape index (κ3) is 0.931. The topological polar surface area (TPSA) is 74.9 Å². The Labute approximate surface area is 69.0 Å². The van der Waals surface area contributed by atoms with Crippen molar-refractivity contribution in [1.29, 1.82) is 0 Å². The van der Waals surface area contributed by atoms with Crippen LogP contribution in [-0.4, -0.2) is 15.3 Å². The van der Waals surface area contributed by atoms with Crippen molar-refractivity contribution in [3.8, 4) is 5.75 Å². The number of hydrogen-bond donors (Lipinski definition) is 3. The molecule has 1 aromatic heterocycles. The smallest absolute Gasteiger partial charge is 0.141 e. The summed E-state index contributed by atoms with van der Waals surface area (Å²) >= 11 is 0. The Balaban J connectivity index is 2.75. The number of benzene rings is 1. The summed E-state index contributed by atoms with van der Waals surface area (Å²) in [4.78, 5) is 0. The summed E-state index contributed by atoms with van der Waals surface area (Å²) in [5.41, 5.74) is 7.00. The van der Waals surface area contributed by atoms with Crippen LogP contribution in [0.3, 0.4) is 0 Å². The number of phenolic OH excluding ortho intramolecular Hbond substituents is 1. The van der Waals surface area contributed by atoms with Crippen LogP contribution in [0.1, 0.15) is 5.56 Å². The lowest BCUT2D eigenvalue weighted by Gasteiger charge is -1.98. The van der Waals surface area contributed by atoms with E-state index in [1.807, 2.05) is 6.07 Å². The van der Waals surface area contributed by atoms with Crippen molar-refractivity contribution >= 4 is 10.9 Å². The predicted octanol–water partition coefficient (Wildman–Crippen LogP) is 0.727. The molecule has 4 heteroatoms. The zero-order valence-electron chi connectivity index (χ0n) is 6.41. The predicted molar refractivity (Wildman–Crippen MR) is 45.6 cm³/mol. The first-order chi connectivity index (χ1) is 5.81. The van der Waals surface area contributed by atoms with E-state index < -0.39 is 0 Å². The van der Waals surface area contributed by atoms with Gasteiger partial charge < -0.3 is 10.8 Å². The number of nitrogens with zero attached hydrogens (tertiary/aromatic N) is 1. The first-order valence-corrected chi connectivity index (χ1v) is 3.66. The SMILES string of the molecule is NCc1cc(O)c2[nH]ncc2c1. The molecule has 2 aromatic rings. The van der Waals surface area contributed by atoms with E-state index in [2.05, 4.69) is 10.2 Å². The molecule has 4 N–H and O–H groups in total. The summed E-state index contributed by atoms with van der Waals surface area (Å²) in [5, 5.41) is 16.8. The Morgan fingerprint density at radius 3 is 3.08 bits per heavy atom. The number of phenols is 1. The molecule has 0 saturated carbocycles. The fraction of sp³-hybridized carbons (Fsp3) is 0.125. The lowest BCUT2D eigenvalue weighted by molar-refractivity contribution is 0.479. The normalized spacial score (nSPS) is 10.8. The van der Waals surface area contributed by atoms with E-state index in [0.717, 1.165) is 10.9 Å². The van der Waals surface area contributed by atoms with E-state index in [9.17, 15) is 5.11 Å². The minimum Gasteiger partial charge on any atom is -0.506 e. The molecule has 1 aromatic carbocycles. The number of nitrogens with two attached hydrogens (primary N) is 1. The van der Waals surface area contributed by atoms with Crippen molar-refractivity contribution in [2.24, 2.45) is 5.73 Å². The number of aromatic amines is 1. The van der Waals surface area contributed by atoms with Gasteiger partial charge in [-0.2, -0.15) is 5.10 Å². The van der Waals surface area contributed by atoms with Crippen LogP contribution in [0.5, 0.6) is 5.75 Å². The van der Waals surface area contributed by atoms with Gasteiger partial charge in [-0.25, -0.2) is 0 Å². The molecule has 62 valence electrons. The molecule has 0 fully saturated rings. The van der Waals surface area contributed by atoms with Gasteiger partial charge in [-0.15, -0.1) is 0 Å². The highest BCUT2D eigenvalue weighted by molar-refractivity contribution is 5.84. The summed E-state index contributed by atoms with van der Waals surface area (Å²) in [6, 6.07) is 3.54. The van der Waals surface area contributed by atoms with Gasteiger partial charge >= 0.3 is 0 Å². The number of aromatic nitrogens is 2. The highest BCUT2D eigenvalue weighted by atomic mass is 16.3. The average molecular weight is 163 g/mol. The lowest BCUT2D eigenvalue weighted by atomic mass is 10.1. The van der Waals surface area contributed by atoms with Crippen molar-refractivity contribution in [2.75, 3.05) is 0 Å². The van der Waals surface area contributed by atoms with Crippen molar-refractivity contribution in [2.45, 2.75) is 6.54 Å². The molecule has 12 heavy (non-hydrogen) atoms. The largest absolute Gasteiger partial charge is 0.506 e. The zero-order valence-corrected chi connectivity index (χ0v) is 6.41. The van der Waals surface area contributed by atoms with Gasteiger partial charge in [0.1, 0.15) is 11.3 Å². The van der Waals surface area contributed by atoms with Crippen LogP contribution < -0.4 is 5.73 Å². The van der Waals surface area contributed by atoms with Gasteiger partial charge in [0.05, 0.1) is 6.20 Å². The lowest BCUT2D eigenvalue weighted by Crippen LogP contribution is -1.95. The van der Waals surface area contributed by atoms with Gasteiger partial charge in [0.25, 0.3) is 0 Å². The molecular formula is C8H9N3O. The van der Waals surface area contributed by atoms with Gasteiger partial charge in [0.15, 0.2) is 0 Å². The molecule has 0 saturated heterocycles. The Morgan fingerprint density at radius 2 is 2.33 bits per heavy atom. The second-order valence-corrected chi connectivity index (χ2v) is 2.65. The van der Waals surface area contributed by atoms with Gasteiger partial charge in [-0.1, -0.05) is 0 Å². The average Bonchev–Trinajstić information content (AvgIpc) is 2.52. The van der Waals surface area contributed by atoms with Gasteiger partial charge in [-0.05, 0) is 17.7 Å². The fourth-order valence-corrected chi connectivity index (χ4v) is 1.22. The molecule has 0 aliphatic heterocycles. The first-order valence-electron chi connectivity index (χ1n) is 3.66. The Bertz CT molecular complexity index is 408. The second kappa shape index (κ2) is 2.49. The number of rotatable bonds is 1. The molecule has 0 bridgehead atoms. The van der Waals surface area contributed by atoms with Gasteiger partial charge in [0, 0.05) is 11.9 Å². The number of fused-ring (bicyclic) bond motifs is 1. The summed E-state index contributed by atoms with van der Waals surface area (Å²) in [5.74, 6) is 0.199. The third-order valence-corrected chi connectivity index (χ3v) is 1.82. The minimum atomic E-state index is 0.199. The van der Waals surface area contributed by atoms with Crippen molar-refractivity contribution in [1.82, 2.24) is 10.2 Å². The van der Waals surface area contributed by atoms with E-state index in [1.54, 1.807) is 12.3 Å². The Hall–Kier alpha value is -1.55. The quantitative estimate of drug-likeness (QED) is 0.580. The molecule has 0 atom stereocenters. The van der Waals surface area contributed by atoms with E-state index >= 15 is 0 Å². The number of H-pyrrole nitrogens is 1. The molecule has 0 unspecified atom stereocenters. The molecule has 2 rings (SSSR count). The molecule has 0 radical (unpaired) electrons. The van der Waals surface area contributed by atoms with E-state index in [1.165, 1.54) is 0 Å². The van der Waals surface area contributed by atoms with E-state index in [-0.39, 0.29) is 5.75 Å². The van der Waals surface area contributed by atoms with Gasteiger partial charge in [0.2, 0.25) is 0 Å². The fourth-order valence-electron chi connectivity index (χ4n) is 1.22. The molecular weight excluding hydrogens is 154 g/mol. The molecule has 4 nitrogen and oxygen atoms in total. The summed E-state index contributed by atoms with van der Waals surface area (Å²) in [6.45, 7) is 0.425. The summed E-state index contributed by atoms with van der Waals surface area (Å²) in [7, 11) is 0. The van der Waals surface area contributed by atoms with Crippen molar-refractivity contribution < 1.29 is 5.11 Å². The van der Waals surface area contributed by atoms with Crippen LogP contribution in [0.15, 0.2) is 18.3 Å². The number of hydrogen-bond acceptors (Lipinski definition) is 3. The maximum atomic E-state index is 9.45. The van der Waals surface area contributed by atoms with E-state index in [4.69, 9.17) is 5.73 Å². The van der Waals surface area contributed by atoms with Crippen molar-refractivity contribution in [3.63, 3.8) is 0 Å². The first kappa shape index (κ1) is 7.12. The Morgan fingerprint density at radius 1 is 1.50 bits per heavy atom. The highest BCUT2D eigenvalue weighted by Crippen LogP contribution is 2.23. The van der Waals surface area contributed by atoms with Crippen LogP contribution in [0.4, 0.5) is 0 Å². The summed E-state index contributed by atoms with van der Waals surface area (Å²) < 4.78 is 0. The monoisotopic (exact) mass is 163 g/mol. The third-order valence-electron chi connectivity index (χ3n) is 1.82. The van der Waals surface area contributed by atoms with Crippen LogP contribution in [-0.2, 0) is 6.54 Å². The highest BCUT2D eigenvalue weighted by Gasteiger charge is 2.02. The zero-order chi connectivity index (χ0) is 8.55. The van der Waals surface area contributed by atoms with E-state index in [0.29, 0.717) is 12.1 Å². The van der Waals surface area contributed by atoms with Crippen LogP contribution in [0, 0.1) is 0 Å². The minimum absolute atomic E-state index is 0.199. The van der Waals surface area contributed by atoms with Crippen LogP contribution in [0.25, 0.3) is 10.9 Å². The molecule has 0 amide bonds. The maximum Gasteiger partial charge on any atom is 0.141 e. The van der Waals surface area contributed by atoms with Crippen molar-refractivity contribution in [3.05, 3.63) is 23.9 Å². The Kier molecular flexibility index (Phi) is 1.48. The maximum absolute atomic E-state index is 9.45. The van der Waals surface area contributed by atoms with Crippen LogP contribution >= 0.6 is 0 Å². The molecule has 0 aliphatic carbocycles. The molecule has 0 aliphatic rings. The number of nitrogens with one attached hydrogen (secondary N) is 1. The van der Waals surface area contributed by atoms with Crippen LogP contribution in [0.2, 0.25) is 0 Å².